The predicted octanol–water partition coefficient (Wildman–Crippen LogP) is 2.46. The van der Waals surface area contributed by atoms with Gasteiger partial charge in [-0.05, 0) is 25.8 Å². The summed E-state index contributed by atoms with van der Waals surface area (Å²) in [5, 5.41) is 0. The van der Waals surface area contributed by atoms with Gasteiger partial charge in [-0.3, -0.25) is 9.98 Å². The lowest BCUT2D eigenvalue weighted by atomic mass is 10.1. The molecule has 0 aromatic carbocycles. The van der Waals surface area contributed by atoms with Gasteiger partial charge in [0.25, 0.3) is 0 Å². The van der Waals surface area contributed by atoms with Crippen molar-refractivity contribution in [2.45, 2.75) is 33.2 Å². The molecule has 0 amide bonds. The van der Waals surface area contributed by atoms with Crippen LogP contribution < -0.4 is 0 Å². The topological polar surface area (TPSA) is 24.7 Å². The van der Waals surface area contributed by atoms with E-state index in [0.29, 0.717) is 5.92 Å². The molecule has 12 heavy (non-hydrogen) atoms. The van der Waals surface area contributed by atoms with Crippen molar-refractivity contribution in [3.05, 3.63) is 11.8 Å². The van der Waals surface area contributed by atoms with Gasteiger partial charge in [0.1, 0.15) is 0 Å². The van der Waals surface area contributed by atoms with E-state index in [1.807, 2.05) is 32.4 Å². The third-order valence-electron chi connectivity index (χ3n) is 1.77. The van der Waals surface area contributed by atoms with Gasteiger partial charge >= 0.3 is 0 Å². The summed E-state index contributed by atoms with van der Waals surface area (Å²) in [7, 11) is 0. The fourth-order valence-corrected chi connectivity index (χ4v) is 0.956. The zero-order chi connectivity index (χ0) is 9.19. The summed E-state index contributed by atoms with van der Waals surface area (Å²) in [5.41, 5.74) is 0.956. The molecule has 0 unspecified atom stereocenters. The lowest BCUT2D eigenvalue weighted by Crippen LogP contribution is -2.17. The Hall–Kier alpha value is -0.920. The Kier molecular flexibility index (Phi) is 2.46. The highest BCUT2D eigenvalue weighted by atomic mass is 14.9. The largest absolute Gasteiger partial charge is 0.281 e. The summed E-state index contributed by atoms with van der Waals surface area (Å²) < 4.78 is 0. The summed E-state index contributed by atoms with van der Waals surface area (Å²) in [6.45, 7) is 8.36. The monoisotopic (exact) mass is 164 g/mol. The Balaban J connectivity index is 2.86. The molecule has 1 aliphatic heterocycles. The van der Waals surface area contributed by atoms with Crippen molar-refractivity contribution in [1.29, 1.82) is 0 Å². The average molecular weight is 164 g/mol. The fraction of sp³-hybridized carbons (Fsp3) is 0.600. The van der Waals surface area contributed by atoms with Gasteiger partial charge in [-0.25, -0.2) is 0 Å². The highest BCUT2D eigenvalue weighted by Gasteiger charge is 2.13. The van der Waals surface area contributed by atoms with Crippen LogP contribution >= 0.6 is 0 Å². The highest BCUT2D eigenvalue weighted by molar-refractivity contribution is 5.81. The van der Waals surface area contributed by atoms with Crippen LogP contribution in [-0.4, -0.2) is 18.0 Å². The van der Waals surface area contributed by atoms with Crippen molar-refractivity contribution in [2.75, 3.05) is 0 Å². The van der Waals surface area contributed by atoms with Crippen LogP contribution in [0.15, 0.2) is 21.8 Å². The molecule has 2 nitrogen and oxygen atoms in total. The number of hydrogen-bond donors (Lipinski definition) is 0. The van der Waals surface area contributed by atoms with Crippen LogP contribution in [0.1, 0.15) is 27.7 Å². The smallest absolute Gasteiger partial charge is 0.0901 e. The summed E-state index contributed by atoms with van der Waals surface area (Å²) in [6.07, 6.45) is 5.74. The molecule has 66 valence electrons. The first-order valence-corrected chi connectivity index (χ1v) is 4.32. The standard InChI is InChI=1S/C10H16N2/c1-8(2)9-5-6-12-10(3,4)7-11-9/h5-8H,1-4H3. The van der Waals surface area contributed by atoms with Crippen molar-refractivity contribution in [1.82, 2.24) is 0 Å². The number of aliphatic imine (C=N–C) groups is 2. The van der Waals surface area contributed by atoms with E-state index in [0.717, 1.165) is 5.70 Å². The molecule has 0 saturated heterocycles. The van der Waals surface area contributed by atoms with Gasteiger partial charge in [0.05, 0.1) is 5.54 Å². The van der Waals surface area contributed by atoms with Crippen LogP contribution in [0.5, 0.6) is 0 Å². The van der Waals surface area contributed by atoms with E-state index < -0.39 is 0 Å². The van der Waals surface area contributed by atoms with Crippen molar-refractivity contribution in [3.63, 3.8) is 0 Å². The molecule has 0 aliphatic carbocycles. The number of rotatable bonds is 1. The summed E-state index contributed by atoms with van der Waals surface area (Å²) in [4.78, 5) is 8.72. The predicted molar refractivity (Wildman–Crippen MR) is 54.0 cm³/mol. The Morgan fingerprint density at radius 2 is 2.00 bits per heavy atom. The Bertz CT molecular complexity index is 245. The molecular formula is C10H16N2. The first-order valence-electron chi connectivity index (χ1n) is 4.32. The SMILES string of the molecule is CC(C)C1=CC=NC(C)(C)C=N1. The summed E-state index contributed by atoms with van der Waals surface area (Å²) >= 11 is 0. The van der Waals surface area contributed by atoms with Crippen LogP contribution in [0.25, 0.3) is 0 Å². The van der Waals surface area contributed by atoms with E-state index in [1.165, 1.54) is 0 Å². The van der Waals surface area contributed by atoms with E-state index in [2.05, 4.69) is 23.8 Å². The van der Waals surface area contributed by atoms with Crippen molar-refractivity contribution in [3.8, 4) is 0 Å². The maximum atomic E-state index is 4.39. The molecule has 0 fully saturated rings. The van der Waals surface area contributed by atoms with Crippen LogP contribution in [0.3, 0.4) is 0 Å². The van der Waals surface area contributed by atoms with E-state index in [-0.39, 0.29) is 5.54 Å². The van der Waals surface area contributed by atoms with Crippen molar-refractivity contribution >= 4 is 12.4 Å². The van der Waals surface area contributed by atoms with Crippen LogP contribution in [-0.2, 0) is 0 Å². The molecule has 2 heteroatoms. The quantitative estimate of drug-likeness (QED) is 0.568. The molecule has 0 aromatic heterocycles. The summed E-state index contributed by atoms with van der Waals surface area (Å²) in [5.74, 6) is 0.474. The Labute approximate surface area is 74.1 Å². The molecular weight excluding hydrogens is 148 g/mol. The van der Waals surface area contributed by atoms with Gasteiger partial charge in [-0.2, -0.15) is 0 Å². The van der Waals surface area contributed by atoms with Gasteiger partial charge in [-0.15, -0.1) is 0 Å². The third-order valence-corrected chi connectivity index (χ3v) is 1.77. The van der Waals surface area contributed by atoms with Crippen LogP contribution in [0.4, 0.5) is 0 Å². The first kappa shape index (κ1) is 9.17. The molecule has 0 saturated carbocycles. The zero-order valence-electron chi connectivity index (χ0n) is 8.20. The van der Waals surface area contributed by atoms with Crippen molar-refractivity contribution < 1.29 is 0 Å². The van der Waals surface area contributed by atoms with Crippen LogP contribution in [0.2, 0.25) is 0 Å². The second-order valence-electron chi connectivity index (χ2n) is 3.94. The molecule has 0 aromatic rings. The molecule has 1 rings (SSSR count). The van der Waals surface area contributed by atoms with Gasteiger partial charge in [-0.1, -0.05) is 13.8 Å². The average Bonchev–Trinajstić information content (AvgIpc) is 2.10. The minimum Gasteiger partial charge on any atom is -0.281 e. The minimum absolute atomic E-state index is 0.146. The van der Waals surface area contributed by atoms with E-state index in [1.54, 1.807) is 0 Å². The highest BCUT2D eigenvalue weighted by Crippen LogP contribution is 2.15. The van der Waals surface area contributed by atoms with Gasteiger partial charge < -0.3 is 0 Å². The molecule has 1 heterocycles. The molecule has 0 radical (unpaired) electrons. The zero-order valence-corrected chi connectivity index (χ0v) is 8.20. The lowest BCUT2D eigenvalue weighted by molar-refractivity contribution is 0.716. The number of nitrogens with zero attached hydrogens (tertiary/aromatic N) is 2. The second kappa shape index (κ2) is 3.21. The van der Waals surface area contributed by atoms with Crippen LogP contribution in [0, 0.1) is 5.92 Å². The maximum Gasteiger partial charge on any atom is 0.0901 e. The lowest BCUT2D eigenvalue weighted by Gasteiger charge is -2.10. The normalized spacial score (nSPS) is 20.9. The first-order chi connectivity index (χ1) is 5.51. The molecule has 0 atom stereocenters. The molecule has 0 N–H and O–H groups in total. The maximum absolute atomic E-state index is 4.39. The van der Waals surface area contributed by atoms with Gasteiger partial charge in [0, 0.05) is 18.1 Å². The molecule has 0 spiro atoms. The number of hydrogen-bond acceptors (Lipinski definition) is 2. The molecule has 1 aliphatic rings. The Morgan fingerprint density at radius 1 is 1.33 bits per heavy atom. The minimum atomic E-state index is -0.146. The second-order valence-corrected chi connectivity index (χ2v) is 3.94. The van der Waals surface area contributed by atoms with E-state index in [9.17, 15) is 0 Å². The van der Waals surface area contributed by atoms with Crippen molar-refractivity contribution in [2.24, 2.45) is 15.9 Å². The van der Waals surface area contributed by atoms with E-state index >= 15 is 0 Å². The third kappa shape index (κ3) is 2.29. The number of allylic oxidation sites excluding steroid dienone is 2. The van der Waals surface area contributed by atoms with Gasteiger partial charge in [0.2, 0.25) is 0 Å². The fourth-order valence-electron chi connectivity index (χ4n) is 0.956. The van der Waals surface area contributed by atoms with E-state index in [4.69, 9.17) is 0 Å². The summed E-state index contributed by atoms with van der Waals surface area (Å²) in [6, 6.07) is 0. The van der Waals surface area contributed by atoms with Gasteiger partial charge in [0.15, 0.2) is 0 Å². The molecule has 0 bridgehead atoms. The Morgan fingerprint density at radius 3 is 2.58 bits per heavy atom.